The van der Waals surface area contributed by atoms with E-state index >= 15 is 0 Å². The Kier molecular flexibility index (Phi) is 2.08. The lowest BCUT2D eigenvalue weighted by molar-refractivity contribution is -0.289. The summed E-state index contributed by atoms with van der Waals surface area (Å²) in [4.78, 5) is 17.2. The number of carbonyl (C=O) groups excluding carboxylic acids is 1. The van der Waals surface area contributed by atoms with E-state index in [1.54, 1.807) is 0 Å². The van der Waals surface area contributed by atoms with Crippen molar-refractivity contribution in [1.29, 1.82) is 0 Å². The van der Waals surface area contributed by atoms with Crippen LogP contribution in [0, 0.1) is 0 Å². The van der Waals surface area contributed by atoms with Gasteiger partial charge in [0.1, 0.15) is 5.54 Å². The monoisotopic (exact) mass is 199 g/mol. The molecule has 4 nitrogen and oxygen atoms in total. The number of ether oxygens (including phenoxy) is 1. The highest BCUT2D eigenvalue weighted by molar-refractivity contribution is 5.82. The molecule has 0 radical (unpaired) electrons. The minimum atomic E-state index is -0.473. The second-order valence-corrected chi connectivity index (χ2v) is 4.62. The van der Waals surface area contributed by atoms with E-state index in [1.807, 2.05) is 12.0 Å². The predicted octanol–water partition coefficient (Wildman–Crippen LogP) is 1.11. The smallest absolute Gasteiger partial charge is 0.329 e. The van der Waals surface area contributed by atoms with Gasteiger partial charge in [0.25, 0.3) is 0 Å². The molecule has 2 heterocycles. The van der Waals surface area contributed by atoms with Gasteiger partial charge in [-0.2, -0.15) is 5.06 Å². The second kappa shape index (κ2) is 2.94. The molecule has 0 aliphatic carbocycles. The number of esters is 1. The fourth-order valence-electron chi connectivity index (χ4n) is 2.66. The third-order valence-electron chi connectivity index (χ3n) is 3.06. The summed E-state index contributed by atoms with van der Waals surface area (Å²) in [5, 5.41) is 1.82. The molecule has 2 fully saturated rings. The first-order chi connectivity index (χ1) is 6.53. The SMILES string of the molecule is CCOC(=O)C12CCON1C(C)(C)C2. The van der Waals surface area contributed by atoms with Crippen LogP contribution in [0.3, 0.4) is 0 Å². The minimum absolute atomic E-state index is 0.0245. The Morgan fingerprint density at radius 2 is 2.29 bits per heavy atom. The summed E-state index contributed by atoms with van der Waals surface area (Å²) < 4.78 is 5.08. The standard InChI is InChI=1S/C10H17NO3/c1-4-13-8(12)10-5-6-14-11(10)9(2,3)7-10/h4-7H2,1-3H3. The molecule has 0 aromatic heterocycles. The molecule has 2 rings (SSSR count). The van der Waals surface area contributed by atoms with Crippen molar-refractivity contribution < 1.29 is 14.4 Å². The van der Waals surface area contributed by atoms with Crippen LogP contribution in [0.5, 0.6) is 0 Å². The Bertz CT molecular complexity index is 264. The summed E-state index contributed by atoms with van der Waals surface area (Å²) in [6.07, 6.45) is 1.59. The van der Waals surface area contributed by atoms with E-state index in [9.17, 15) is 4.79 Å². The number of hydroxylamine groups is 2. The molecule has 1 unspecified atom stereocenters. The fourth-order valence-corrected chi connectivity index (χ4v) is 2.66. The van der Waals surface area contributed by atoms with Crippen molar-refractivity contribution >= 4 is 5.97 Å². The third-order valence-corrected chi connectivity index (χ3v) is 3.06. The minimum Gasteiger partial charge on any atom is -0.465 e. The van der Waals surface area contributed by atoms with Crippen LogP contribution in [0.4, 0.5) is 0 Å². The van der Waals surface area contributed by atoms with E-state index in [-0.39, 0.29) is 11.5 Å². The first-order valence-electron chi connectivity index (χ1n) is 5.13. The molecular formula is C10H17NO3. The average Bonchev–Trinajstić information content (AvgIpc) is 2.45. The Labute approximate surface area is 84.1 Å². The van der Waals surface area contributed by atoms with Crippen LogP contribution >= 0.6 is 0 Å². The zero-order valence-corrected chi connectivity index (χ0v) is 9.00. The maximum atomic E-state index is 11.8. The largest absolute Gasteiger partial charge is 0.465 e. The second-order valence-electron chi connectivity index (χ2n) is 4.62. The molecule has 14 heavy (non-hydrogen) atoms. The van der Waals surface area contributed by atoms with Crippen molar-refractivity contribution in [3.05, 3.63) is 0 Å². The van der Waals surface area contributed by atoms with E-state index in [2.05, 4.69) is 13.8 Å². The van der Waals surface area contributed by atoms with Gasteiger partial charge in [-0.1, -0.05) is 0 Å². The zero-order valence-electron chi connectivity index (χ0n) is 9.00. The van der Waals surface area contributed by atoms with Crippen LogP contribution in [0.25, 0.3) is 0 Å². The first kappa shape index (κ1) is 9.93. The number of fused-ring (bicyclic) bond motifs is 1. The fraction of sp³-hybridized carbons (Fsp3) is 0.900. The molecule has 2 aliphatic heterocycles. The van der Waals surface area contributed by atoms with Gasteiger partial charge in [0.05, 0.1) is 13.2 Å². The van der Waals surface area contributed by atoms with Gasteiger partial charge >= 0.3 is 5.97 Å². The zero-order chi connectivity index (χ0) is 10.4. The molecule has 0 N–H and O–H groups in total. The molecule has 0 bridgehead atoms. The first-order valence-corrected chi connectivity index (χ1v) is 5.13. The van der Waals surface area contributed by atoms with Crippen molar-refractivity contribution in [2.75, 3.05) is 13.2 Å². The summed E-state index contributed by atoms with van der Waals surface area (Å²) in [5.41, 5.74) is -0.497. The number of rotatable bonds is 2. The number of nitrogens with zero attached hydrogens (tertiary/aromatic N) is 1. The molecule has 0 aromatic carbocycles. The molecule has 2 saturated heterocycles. The number of hydrogen-bond donors (Lipinski definition) is 0. The molecule has 1 atom stereocenters. The summed E-state index contributed by atoms with van der Waals surface area (Å²) in [6, 6.07) is 0. The van der Waals surface area contributed by atoms with Gasteiger partial charge in [-0.15, -0.1) is 0 Å². The predicted molar refractivity (Wildman–Crippen MR) is 50.5 cm³/mol. The number of carbonyl (C=O) groups is 1. The maximum Gasteiger partial charge on any atom is 0.329 e. The normalized spacial score (nSPS) is 34.8. The average molecular weight is 199 g/mol. The molecule has 0 aromatic rings. The van der Waals surface area contributed by atoms with Crippen molar-refractivity contribution in [2.24, 2.45) is 0 Å². The van der Waals surface area contributed by atoms with Crippen LogP contribution in [0.1, 0.15) is 33.6 Å². The van der Waals surface area contributed by atoms with E-state index in [0.29, 0.717) is 13.2 Å². The summed E-state index contributed by atoms with van der Waals surface area (Å²) in [5.74, 6) is -0.128. The van der Waals surface area contributed by atoms with E-state index in [4.69, 9.17) is 9.57 Å². The van der Waals surface area contributed by atoms with Crippen molar-refractivity contribution in [2.45, 2.75) is 44.7 Å². The lowest BCUT2D eigenvalue weighted by Gasteiger charge is -2.55. The molecule has 80 valence electrons. The van der Waals surface area contributed by atoms with Crippen LogP contribution in [0.15, 0.2) is 0 Å². The topological polar surface area (TPSA) is 38.8 Å². The Hall–Kier alpha value is -0.610. The Morgan fingerprint density at radius 1 is 1.57 bits per heavy atom. The third kappa shape index (κ3) is 1.10. The van der Waals surface area contributed by atoms with Gasteiger partial charge in [-0.25, -0.2) is 4.79 Å². The quantitative estimate of drug-likeness (QED) is 0.624. The highest BCUT2D eigenvalue weighted by Crippen LogP contribution is 2.51. The van der Waals surface area contributed by atoms with Gasteiger partial charge < -0.3 is 4.74 Å². The molecule has 0 saturated carbocycles. The van der Waals surface area contributed by atoms with Gasteiger partial charge in [0, 0.05) is 12.0 Å². The Balaban J connectivity index is 2.14. The van der Waals surface area contributed by atoms with Crippen LogP contribution in [-0.2, 0) is 14.4 Å². The van der Waals surface area contributed by atoms with Gasteiger partial charge in [0.15, 0.2) is 0 Å². The molecule has 2 aliphatic rings. The lowest BCUT2D eigenvalue weighted by Crippen LogP contribution is -2.71. The van der Waals surface area contributed by atoms with Gasteiger partial charge in [-0.3, -0.25) is 4.84 Å². The summed E-state index contributed by atoms with van der Waals surface area (Å²) >= 11 is 0. The summed E-state index contributed by atoms with van der Waals surface area (Å²) in [6.45, 7) is 7.06. The van der Waals surface area contributed by atoms with Crippen molar-refractivity contribution in [3.63, 3.8) is 0 Å². The molecule has 4 heteroatoms. The molecule has 0 spiro atoms. The highest BCUT2D eigenvalue weighted by atomic mass is 16.7. The molecule has 0 amide bonds. The lowest BCUT2D eigenvalue weighted by atomic mass is 9.72. The van der Waals surface area contributed by atoms with Crippen LogP contribution < -0.4 is 0 Å². The van der Waals surface area contributed by atoms with E-state index in [0.717, 1.165) is 12.8 Å². The number of hydrogen-bond acceptors (Lipinski definition) is 4. The maximum absolute atomic E-state index is 11.8. The van der Waals surface area contributed by atoms with E-state index < -0.39 is 5.54 Å². The van der Waals surface area contributed by atoms with Crippen LogP contribution in [0.2, 0.25) is 0 Å². The Morgan fingerprint density at radius 3 is 2.86 bits per heavy atom. The van der Waals surface area contributed by atoms with Crippen molar-refractivity contribution in [3.8, 4) is 0 Å². The highest BCUT2D eigenvalue weighted by Gasteiger charge is 2.65. The van der Waals surface area contributed by atoms with Crippen LogP contribution in [-0.4, -0.2) is 35.3 Å². The molecular weight excluding hydrogens is 182 g/mol. The van der Waals surface area contributed by atoms with Crippen molar-refractivity contribution in [1.82, 2.24) is 5.06 Å². The van der Waals surface area contributed by atoms with E-state index in [1.165, 1.54) is 0 Å². The van der Waals surface area contributed by atoms with Gasteiger partial charge in [0.2, 0.25) is 0 Å². The van der Waals surface area contributed by atoms with Gasteiger partial charge in [-0.05, 0) is 27.2 Å². The summed E-state index contributed by atoms with van der Waals surface area (Å²) in [7, 11) is 0.